The fourth-order valence-electron chi connectivity index (χ4n) is 1.39. The Balaban J connectivity index is 2.71. The summed E-state index contributed by atoms with van der Waals surface area (Å²) in [6, 6.07) is 0. The van der Waals surface area contributed by atoms with Crippen LogP contribution in [0.4, 0.5) is 0 Å². The van der Waals surface area contributed by atoms with Crippen LogP contribution in [0.15, 0.2) is 11.2 Å². The number of ether oxygens (including phenoxy) is 1. The van der Waals surface area contributed by atoms with E-state index in [1.165, 1.54) is 13.3 Å². The molecule has 102 valence electrons. The smallest absolute Gasteiger partial charge is 0.306 e. The largest absolute Gasteiger partial charge is 0.469 e. The molecule has 0 saturated heterocycles. The molecule has 1 heterocycles. The van der Waals surface area contributed by atoms with Gasteiger partial charge in [0.25, 0.3) is 10.0 Å². The SMILES string of the molecule is CCn1cc(S(=O)(=O)NCCC(=O)OC)nc1C. The van der Waals surface area contributed by atoms with E-state index in [1.54, 1.807) is 11.5 Å². The van der Waals surface area contributed by atoms with Gasteiger partial charge < -0.3 is 9.30 Å². The van der Waals surface area contributed by atoms with Gasteiger partial charge in [-0.2, -0.15) is 0 Å². The molecule has 0 radical (unpaired) electrons. The summed E-state index contributed by atoms with van der Waals surface area (Å²) < 4.78 is 32.1. The van der Waals surface area contributed by atoms with Crippen LogP contribution < -0.4 is 4.72 Å². The fraction of sp³-hybridized carbons (Fsp3) is 0.600. The molecule has 0 atom stereocenters. The van der Waals surface area contributed by atoms with Crippen molar-refractivity contribution in [2.24, 2.45) is 0 Å². The van der Waals surface area contributed by atoms with Crippen LogP contribution >= 0.6 is 0 Å². The summed E-state index contributed by atoms with van der Waals surface area (Å²) in [6.07, 6.45) is 1.46. The Morgan fingerprint density at radius 1 is 1.56 bits per heavy atom. The number of nitrogens with zero attached hydrogens (tertiary/aromatic N) is 2. The fourth-order valence-corrected chi connectivity index (χ4v) is 2.43. The Bertz CT molecular complexity index is 521. The van der Waals surface area contributed by atoms with Crippen molar-refractivity contribution in [3.63, 3.8) is 0 Å². The van der Waals surface area contributed by atoms with Gasteiger partial charge in [0.15, 0.2) is 5.03 Å². The lowest BCUT2D eigenvalue weighted by atomic mass is 10.4. The van der Waals surface area contributed by atoms with Gasteiger partial charge in [0.2, 0.25) is 0 Å². The van der Waals surface area contributed by atoms with Gasteiger partial charge in [-0.25, -0.2) is 18.1 Å². The Hall–Kier alpha value is -1.41. The molecule has 1 aromatic heterocycles. The summed E-state index contributed by atoms with van der Waals surface area (Å²) in [5.74, 6) is 0.166. The van der Waals surface area contributed by atoms with E-state index in [1.807, 2.05) is 6.92 Å². The van der Waals surface area contributed by atoms with Gasteiger partial charge in [0, 0.05) is 19.3 Å². The molecule has 1 N–H and O–H groups in total. The molecule has 1 aromatic rings. The van der Waals surface area contributed by atoms with Crippen molar-refractivity contribution < 1.29 is 17.9 Å². The molecule has 1 rings (SSSR count). The van der Waals surface area contributed by atoms with Crippen molar-refractivity contribution in [1.29, 1.82) is 0 Å². The van der Waals surface area contributed by atoms with Crippen molar-refractivity contribution in [3.05, 3.63) is 12.0 Å². The molecule has 0 spiro atoms. The predicted molar refractivity (Wildman–Crippen MR) is 64.5 cm³/mol. The molecule has 0 aliphatic rings. The van der Waals surface area contributed by atoms with Crippen LogP contribution in [0.3, 0.4) is 0 Å². The van der Waals surface area contributed by atoms with Crippen molar-refractivity contribution in [2.45, 2.75) is 31.8 Å². The molecule has 0 unspecified atom stereocenters. The highest BCUT2D eigenvalue weighted by Crippen LogP contribution is 2.08. The zero-order chi connectivity index (χ0) is 13.8. The van der Waals surface area contributed by atoms with Crippen LogP contribution in [0, 0.1) is 6.92 Å². The lowest BCUT2D eigenvalue weighted by molar-refractivity contribution is -0.140. The number of carbonyl (C=O) groups excluding carboxylic acids is 1. The number of esters is 1. The van der Waals surface area contributed by atoms with Gasteiger partial charge in [-0.3, -0.25) is 4.79 Å². The summed E-state index contributed by atoms with van der Waals surface area (Å²) >= 11 is 0. The van der Waals surface area contributed by atoms with E-state index in [0.29, 0.717) is 12.4 Å². The monoisotopic (exact) mass is 275 g/mol. The maximum absolute atomic E-state index is 11.8. The molecule has 0 saturated carbocycles. The molecule has 8 heteroatoms. The topological polar surface area (TPSA) is 90.3 Å². The molecule has 0 aliphatic carbocycles. The number of aromatic nitrogens is 2. The molecule has 0 aliphatic heterocycles. The molecule has 18 heavy (non-hydrogen) atoms. The number of rotatable bonds is 6. The number of methoxy groups -OCH3 is 1. The molecule has 0 fully saturated rings. The number of hydrogen-bond acceptors (Lipinski definition) is 5. The first-order valence-corrected chi connectivity index (χ1v) is 6.99. The average Bonchev–Trinajstić information content (AvgIpc) is 2.70. The van der Waals surface area contributed by atoms with Gasteiger partial charge in [0.1, 0.15) is 5.82 Å². The number of hydrogen-bond donors (Lipinski definition) is 1. The van der Waals surface area contributed by atoms with E-state index < -0.39 is 16.0 Å². The number of nitrogens with one attached hydrogen (secondary N) is 1. The quantitative estimate of drug-likeness (QED) is 0.741. The van der Waals surface area contributed by atoms with Gasteiger partial charge >= 0.3 is 5.97 Å². The molecule has 7 nitrogen and oxygen atoms in total. The third kappa shape index (κ3) is 3.54. The van der Waals surface area contributed by atoms with Crippen molar-refractivity contribution >= 4 is 16.0 Å². The van der Waals surface area contributed by atoms with Crippen molar-refractivity contribution in [2.75, 3.05) is 13.7 Å². The summed E-state index contributed by atoms with van der Waals surface area (Å²) in [5.41, 5.74) is 0. The zero-order valence-corrected chi connectivity index (χ0v) is 11.5. The van der Waals surface area contributed by atoms with Crippen LogP contribution in [0.1, 0.15) is 19.2 Å². The second kappa shape index (κ2) is 5.96. The second-order valence-electron chi connectivity index (χ2n) is 3.64. The van der Waals surface area contributed by atoms with E-state index in [0.717, 1.165) is 0 Å². The molecular weight excluding hydrogens is 258 g/mol. The number of carbonyl (C=O) groups is 1. The highest BCUT2D eigenvalue weighted by Gasteiger charge is 2.18. The Labute approximate surface area is 106 Å². The van der Waals surface area contributed by atoms with Crippen LogP contribution in [0.2, 0.25) is 0 Å². The minimum atomic E-state index is -3.67. The Morgan fingerprint density at radius 2 is 2.22 bits per heavy atom. The zero-order valence-electron chi connectivity index (χ0n) is 10.6. The minimum Gasteiger partial charge on any atom is -0.469 e. The summed E-state index contributed by atoms with van der Waals surface area (Å²) in [6.45, 7) is 4.27. The summed E-state index contributed by atoms with van der Waals surface area (Å²) in [7, 11) is -2.41. The van der Waals surface area contributed by atoms with Crippen LogP contribution in [-0.4, -0.2) is 37.6 Å². The number of sulfonamides is 1. The average molecular weight is 275 g/mol. The lowest BCUT2D eigenvalue weighted by Crippen LogP contribution is -2.26. The van der Waals surface area contributed by atoms with E-state index in [2.05, 4.69) is 14.4 Å². The molecular formula is C10H17N3O4S. The van der Waals surface area contributed by atoms with E-state index in [4.69, 9.17) is 0 Å². The van der Waals surface area contributed by atoms with Gasteiger partial charge in [-0.1, -0.05) is 0 Å². The first-order chi connectivity index (χ1) is 8.40. The number of imidazole rings is 1. The van der Waals surface area contributed by atoms with Gasteiger partial charge in [-0.15, -0.1) is 0 Å². The van der Waals surface area contributed by atoms with E-state index >= 15 is 0 Å². The maximum Gasteiger partial charge on any atom is 0.306 e. The highest BCUT2D eigenvalue weighted by molar-refractivity contribution is 7.89. The van der Waals surface area contributed by atoms with Crippen molar-refractivity contribution in [3.8, 4) is 0 Å². The maximum atomic E-state index is 11.8. The third-order valence-electron chi connectivity index (χ3n) is 2.42. The van der Waals surface area contributed by atoms with Gasteiger partial charge in [-0.05, 0) is 13.8 Å². The molecule has 0 aromatic carbocycles. The van der Waals surface area contributed by atoms with Crippen LogP contribution in [0.5, 0.6) is 0 Å². The first-order valence-electron chi connectivity index (χ1n) is 5.51. The molecule has 0 amide bonds. The standard InChI is InChI=1S/C10H17N3O4S/c1-4-13-7-9(12-8(13)2)18(15,16)11-6-5-10(14)17-3/h7,11H,4-6H2,1-3H3. The Morgan fingerprint density at radius 3 is 2.72 bits per heavy atom. The van der Waals surface area contributed by atoms with Crippen LogP contribution in [-0.2, 0) is 26.1 Å². The second-order valence-corrected chi connectivity index (χ2v) is 5.35. The number of aryl methyl sites for hydroxylation is 2. The van der Waals surface area contributed by atoms with Crippen LogP contribution in [0.25, 0.3) is 0 Å². The van der Waals surface area contributed by atoms with Gasteiger partial charge in [0.05, 0.1) is 13.5 Å². The predicted octanol–water partition coefficient (Wildman–Crippen LogP) is 0.0528. The minimum absolute atomic E-state index is 0.00691. The van der Waals surface area contributed by atoms with E-state index in [9.17, 15) is 13.2 Å². The third-order valence-corrected chi connectivity index (χ3v) is 3.75. The Kier molecular flexibility index (Phi) is 4.85. The van der Waals surface area contributed by atoms with E-state index in [-0.39, 0.29) is 18.0 Å². The normalized spacial score (nSPS) is 11.5. The van der Waals surface area contributed by atoms with Crippen molar-refractivity contribution in [1.82, 2.24) is 14.3 Å². The summed E-state index contributed by atoms with van der Waals surface area (Å²) in [5, 5.41) is -0.0354. The summed E-state index contributed by atoms with van der Waals surface area (Å²) in [4.78, 5) is 14.8. The molecule has 0 bridgehead atoms. The lowest BCUT2D eigenvalue weighted by Gasteiger charge is -2.02. The highest BCUT2D eigenvalue weighted by atomic mass is 32.2. The first kappa shape index (κ1) is 14.7.